The van der Waals surface area contributed by atoms with Crippen molar-refractivity contribution < 1.29 is 0 Å². The minimum absolute atomic E-state index is 0.740. The first-order valence-corrected chi connectivity index (χ1v) is 7.56. The van der Waals surface area contributed by atoms with Gasteiger partial charge >= 0.3 is 0 Å². The number of hydrogen-bond donors (Lipinski definition) is 1. The molecule has 0 radical (unpaired) electrons. The Morgan fingerprint density at radius 3 is 2.47 bits per heavy atom. The van der Waals surface area contributed by atoms with Crippen molar-refractivity contribution in [1.82, 2.24) is 15.1 Å². The Morgan fingerprint density at radius 1 is 1.18 bits per heavy atom. The lowest BCUT2D eigenvalue weighted by Gasteiger charge is -2.50. The van der Waals surface area contributed by atoms with Crippen LogP contribution < -0.4 is 5.32 Å². The van der Waals surface area contributed by atoms with Crippen molar-refractivity contribution in [2.75, 3.05) is 39.3 Å². The molecule has 17 heavy (non-hydrogen) atoms. The van der Waals surface area contributed by atoms with Crippen LogP contribution in [0.2, 0.25) is 0 Å². The first-order chi connectivity index (χ1) is 8.36. The zero-order valence-corrected chi connectivity index (χ0v) is 11.2. The lowest BCUT2D eigenvalue weighted by molar-refractivity contribution is -0.00469. The van der Waals surface area contributed by atoms with E-state index in [0.717, 1.165) is 24.5 Å². The summed E-state index contributed by atoms with van der Waals surface area (Å²) in [6.07, 6.45) is 5.86. The monoisotopic (exact) mass is 237 g/mol. The summed E-state index contributed by atoms with van der Waals surface area (Å²) in [4.78, 5) is 5.40. The molecule has 0 aromatic carbocycles. The van der Waals surface area contributed by atoms with Crippen molar-refractivity contribution in [2.24, 2.45) is 5.92 Å². The van der Waals surface area contributed by atoms with Crippen molar-refractivity contribution in [3.63, 3.8) is 0 Å². The Hall–Kier alpha value is -0.120. The predicted octanol–water partition coefficient (Wildman–Crippen LogP) is 1.15. The summed E-state index contributed by atoms with van der Waals surface area (Å²) >= 11 is 0. The highest BCUT2D eigenvalue weighted by molar-refractivity contribution is 4.95. The SMILES string of the molecule is CCNC(CCC1CC1)C1CN2CCN1CC2. The molecule has 1 saturated carbocycles. The molecular formula is C14H27N3. The Morgan fingerprint density at radius 2 is 1.94 bits per heavy atom. The third kappa shape index (κ3) is 2.83. The van der Waals surface area contributed by atoms with E-state index in [9.17, 15) is 0 Å². The molecule has 3 saturated heterocycles. The molecule has 0 amide bonds. The average molecular weight is 237 g/mol. The fourth-order valence-corrected chi connectivity index (χ4v) is 3.55. The number of fused-ring (bicyclic) bond motifs is 3. The molecule has 3 aliphatic heterocycles. The zero-order chi connectivity index (χ0) is 11.7. The Balaban J connectivity index is 1.56. The molecule has 1 N–H and O–H groups in total. The highest BCUT2D eigenvalue weighted by Gasteiger charge is 2.36. The number of piperazine rings is 3. The second-order valence-electron chi connectivity index (χ2n) is 6.09. The maximum absolute atomic E-state index is 3.75. The van der Waals surface area contributed by atoms with Crippen LogP contribution >= 0.6 is 0 Å². The van der Waals surface area contributed by atoms with E-state index in [1.807, 2.05) is 0 Å². The normalized spacial score (nSPS) is 38.3. The quantitative estimate of drug-likeness (QED) is 0.748. The van der Waals surface area contributed by atoms with Gasteiger partial charge in [0, 0.05) is 44.8 Å². The van der Waals surface area contributed by atoms with Gasteiger partial charge in [-0.05, 0) is 25.3 Å². The summed E-state index contributed by atoms with van der Waals surface area (Å²) in [7, 11) is 0. The van der Waals surface area contributed by atoms with Gasteiger partial charge in [-0.3, -0.25) is 9.80 Å². The van der Waals surface area contributed by atoms with Crippen molar-refractivity contribution in [3.05, 3.63) is 0 Å². The largest absolute Gasteiger partial charge is 0.313 e. The molecule has 1 aliphatic carbocycles. The van der Waals surface area contributed by atoms with Gasteiger partial charge < -0.3 is 5.32 Å². The van der Waals surface area contributed by atoms with E-state index in [1.165, 1.54) is 58.4 Å². The topological polar surface area (TPSA) is 18.5 Å². The number of rotatable bonds is 6. The maximum atomic E-state index is 3.75. The summed E-state index contributed by atoms with van der Waals surface area (Å²) in [5.41, 5.74) is 0. The number of likely N-dealkylation sites (N-methyl/N-ethyl adjacent to an activating group) is 1. The molecule has 4 aliphatic rings. The summed E-state index contributed by atoms with van der Waals surface area (Å²) in [6, 6.07) is 1.53. The molecule has 2 bridgehead atoms. The van der Waals surface area contributed by atoms with Crippen LogP contribution in [-0.2, 0) is 0 Å². The second-order valence-corrected chi connectivity index (χ2v) is 6.09. The van der Waals surface area contributed by atoms with Crippen molar-refractivity contribution in [1.29, 1.82) is 0 Å². The molecule has 3 heterocycles. The molecule has 2 atom stereocenters. The molecule has 3 nitrogen and oxygen atoms in total. The minimum atomic E-state index is 0.740. The second kappa shape index (κ2) is 5.25. The molecule has 0 spiro atoms. The summed E-state index contributed by atoms with van der Waals surface area (Å²) < 4.78 is 0. The molecule has 2 unspecified atom stereocenters. The summed E-state index contributed by atoms with van der Waals surface area (Å²) in [5, 5.41) is 3.75. The molecule has 0 aromatic heterocycles. The van der Waals surface area contributed by atoms with E-state index < -0.39 is 0 Å². The van der Waals surface area contributed by atoms with Crippen LogP contribution in [0.3, 0.4) is 0 Å². The molecular weight excluding hydrogens is 210 g/mol. The Bertz CT molecular complexity index is 244. The van der Waals surface area contributed by atoms with Gasteiger partial charge in [0.05, 0.1) is 0 Å². The van der Waals surface area contributed by atoms with Crippen LogP contribution in [0.1, 0.15) is 32.6 Å². The maximum Gasteiger partial charge on any atom is 0.0377 e. The molecule has 3 heteroatoms. The van der Waals surface area contributed by atoms with Crippen molar-refractivity contribution in [2.45, 2.75) is 44.7 Å². The van der Waals surface area contributed by atoms with E-state index in [1.54, 1.807) is 0 Å². The number of hydrogen-bond acceptors (Lipinski definition) is 3. The van der Waals surface area contributed by atoms with Gasteiger partial charge in [-0.2, -0.15) is 0 Å². The van der Waals surface area contributed by atoms with Crippen LogP contribution in [0.25, 0.3) is 0 Å². The molecule has 0 aromatic rings. The fourth-order valence-electron chi connectivity index (χ4n) is 3.55. The summed E-state index contributed by atoms with van der Waals surface area (Å²) in [6.45, 7) is 9.89. The van der Waals surface area contributed by atoms with E-state index >= 15 is 0 Å². The smallest absolute Gasteiger partial charge is 0.0377 e. The van der Waals surface area contributed by atoms with Gasteiger partial charge in [0.15, 0.2) is 0 Å². The van der Waals surface area contributed by atoms with Gasteiger partial charge in [-0.1, -0.05) is 19.8 Å². The van der Waals surface area contributed by atoms with Crippen LogP contribution in [0, 0.1) is 5.92 Å². The molecule has 4 fully saturated rings. The fraction of sp³-hybridized carbons (Fsp3) is 1.00. The number of nitrogens with zero attached hydrogens (tertiary/aromatic N) is 2. The molecule has 98 valence electrons. The minimum Gasteiger partial charge on any atom is -0.313 e. The lowest BCUT2D eigenvalue weighted by atomic mass is 9.95. The number of nitrogens with one attached hydrogen (secondary N) is 1. The van der Waals surface area contributed by atoms with Crippen molar-refractivity contribution >= 4 is 0 Å². The van der Waals surface area contributed by atoms with Gasteiger partial charge in [-0.25, -0.2) is 0 Å². The average Bonchev–Trinajstić information content (AvgIpc) is 3.20. The lowest BCUT2D eigenvalue weighted by Crippen LogP contribution is -2.66. The van der Waals surface area contributed by atoms with Gasteiger partial charge in [0.1, 0.15) is 0 Å². The third-order valence-electron chi connectivity index (χ3n) is 4.83. The van der Waals surface area contributed by atoms with Crippen LogP contribution in [0.4, 0.5) is 0 Å². The third-order valence-corrected chi connectivity index (χ3v) is 4.83. The van der Waals surface area contributed by atoms with E-state index in [0.29, 0.717) is 0 Å². The highest BCUT2D eigenvalue weighted by atomic mass is 15.4. The summed E-state index contributed by atoms with van der Waals surface area (Å²) in [5.74, 6) is 1.08. The first-order valence-electron chi connectivity index (χ1n) is 7.56. The van der Waals surface area contributed by atoms with Crippen LogP contribution in [0.15, 0.2) is 0 Å². The van der Waals surface area contributed by atoms with Gasteiger partial charge in [-0.15, -0.1) is 0 Å². The van der Waals surface area contributed by atoms with Crippen LogP contribution in [0.5, 0.6) is 0 Å². The Kier molecular flexibility index (Phi) is 3.69. The van der Waals surface area contributed by atoms with Gasteiger partial charge in [0.25, 0.3) is 0 Å². The highest BCUT2D eigenvalue weighted by Crippen LogP contribution is 2.34. The standard InChI is InChI=1S/C14H27N3/c1-2-15-13(6-5-12-3-4-12)14-11-16-7-9-17(14)10-8-16/h12-15H,2-11H2,1H3. The van der Waals surface area contributed by atoms with E-state index in [4.69, 9.17) is 0 Å². The van der Waals surface area contributed by atoms with Gasteiger partial charge in [0.2, 0.25) is 0 Å². The van der Waals surface area contributed by atoms with E-state index in [2.05, 4.69) is 22.0 Å². The first kappa shape index (κ1) is 11.9. The zero-order valence-electron chi connectivity index (χ0n) is 11.2. The van der Waals surface area contributed by atoms with Crippen molar-refractivity contribution in [3.8, 4) is 0 Å². The van der Waals surface area contributed by atoms with Crippen LogP contribution in [-0.4, -0.2) is 61.2 Å². The van der Waals surface area contributed by atoms with E-state index in [-0.39, 0.29) is 0 Å². The predicted molar refractivity (Wildman–Crippen MR) is 71.2 cm³/mol. The molecule has 4 rings (SSSR count). The Labute approximate surface area is 106 Å².